The number of benzene rings is 1. The zero-order chi connectivity index (χ0) is 21.2. The summed E-state index contributed by atoms with van der Waals surface area (Å²) in [5.74, 6) is 0.0747. The van der Waals surface area contributed by atoms with E-state index in [0.29, 0.717) is 12.6 Å². The van der Waals surface area contributed by atoms with Crippen LogP contribution in [0.15, 0.2) is 43.0 Å². The third-order valence-electron chi connectivity index (χ3n) is 5.55. The van der Waals surface area contributed by atoms with Crippen LogP contribution in [0, 0.1) is 12.8 Å². The van der Waals surface area contributed by atoms with Crippen molar-refractivity contribution in [3.05, 3.63) is 54.1 Å². The summed E-state index contributed by atoms with van der Waals surface area (Å²) in [7, 11) is 0. The predicted octanol–water partition coefficient (Wildman–Crippen LogP) is 2.22. The topological polar surface area (TPSA) is 84.8 Å². The minimum Gasteiger partial charge on any atom is -0.392 e. The molecule has 1 amide bonds. The second kappa shape index (κ2) is 11.8. The molecule has 0 aliphatic carbocycles. The number of likely N-dealkylation sites (tertiary alicyclic amines) is 1. The molecule has 2 unspecified atom stereocenters. The lowest BCUT2D eigenvalue weighted by Crippen LogP contribution is -2.47. The molecular weight excluding hydrogens is 366 g/mol. The summed E-state index contributed by atoms with van der Waals surface area (Å²) in [4.78, 5) is 14.6. The Morgan fingerprint density at radius 1 is 1.34 bits per heavy atom. The number of hydrogen-bond acceptors (Lipinski definition) is 5. The van der Waals surface area contributed by atoms with Crippen molar-refractivity contribution in [1.29, 1.82) is 0 Å². The van der Waals surface area contributed by atoms with Crippen LogP contribution in [0.3, 0.4) is 0 Å². The average Bonchev–Trinajstić information content (AvgIpc) is 2.73. The van der Waals surface area contributed by atoms with Gasteiger partial charge in [-0.05, 0) is 31.2 Å². The van der Waals surface area contributed by atoms with Crippen LogP contribution in [0.1, 0.15) is 30.9 Å². The van der Waals surface area contributed by atoms with Crippen molar-refractivity contribution in [3.8, 4) is 0 Å². The van der Waals surface area contributed by atoms with Crippen molar-refractivity contribution >= 4 is 11.6 Å². The van der Waals surface area contributed by atoms with E-state index >= 15 is 0 Å². The number of aryl methyl sites for hydroxylation is 1. The van der Waals surface area contributed by atoms with Gasteiger partial charge in [0.2, 0.25) is 5.91 Å². The minimum absolute atomic E-state index is 0.0147. The summed E-state index contributed by atoms with van der Waals surface area (Å²) < 4.78 is 0. The van der Waals surface area contributed by atoms with E-state index in [2.05, 4.69) is 22.1 Å². The number of carbonyl (C=O) groups is 1. The van der Waals surface area contributed by atoms with E-state index in [1.165, 1.54) is 0 Å². The van der Waals surface area contributed by atoms with Gasteiger partial charge >= 0.3 is 0 Å². The Balaban J connectivity index is 1.84. The van der Waals surface area contributed by atoms with Crippen LogP contribution in [-0.2, 0) is 11.4 Å². The zero-order valence-electron chi connectivity index (χ0n) is 17.6. The molecule has 2 atom stereocenters. The highest BCUT2D eigenvalue weighted by atomic mass is 16.3. The molecule has 0 spiro atoms. The Kier molecular flexibility index (Phi) is 9.38. The highest BCUT2D eigenvalue weighted by Crippen LogP contribution is 2.24. The Morgan fingerprint density at radius 2 is 2.07 bits per heavy atom. The molecule has 1 aromatic rings. The van der Waals surface area contributed by atoms with Crippen molar-refractivity contribution in [3.63, 3.8) is 0 Å². The fraction of sp³-hybridized carbons (Fsp3) is 0.522. The van der Waals surface area contributed by atoms with E-state index < -0.39 is 0 Å². The van der Waals surface area contributed by atoms with Crippen molar-refractivity contribution in [2.45, 2.75) is 45.4 Å². The van der Waals surface area contributed by atoms with E-state index in [9.17, 15) is 9.90 Å². The summed E-state index contributed by atoms with van der Waals surface area (Å²) in [5.41, 5.74) is 3.09. The number of rotatable bonds is 10. The zero-order valence-corrected chi connectivity index (χ0v) is 17.6. The van der Waals surface area contributed by atoms with Crippen LogP contribution < -0.4 is 10.6 Å². The average molecular weight is 402 g/mol. The van der Waals surface area contributed by atoms with Gasteiger partial charge in [0, 0.05) is 30.4 Å². The third kappa shape index (κ3) is 6.99. The molecule has 1 aliphatic heterocycles. The summed E-state index contributed by atoms with van der Waals surface area (Å²) in [5, 5.41) is 25.2. The van der Waals surface area contributed by atoms with Gasteiger partial charge in [-0.3, -0.25) is 9.69 Å². The molecule has 1 heterocycles. The molecule has 1 saturated heterocycles. The number of amides is 1. The first-order chi connectivity index (χ1) is 14.0. The Hall–Kier alpha value is -2.15. The standard InChI is InChI=1S/C23H35N3O3/c1-4-17(2)21(9-6-14-27)25-22(29)15-26-12-10-20(11-13-26)24-23-18(3)7-5-8-19(23)16-28/h4-9,17,20-21,24,27-28H,1,10-16H2,2-3H3,(H,25,29)/b9-6+. The van der Waals surface area contributed by atoms with Crippen LogP contribution in [0.2, 0.25) is 0 Å². The van der Waals surface area contributed by atoms with E-state index in [1.54, 1.807) is 12.2 Å². The third-order valence-corrected chi connectivity index (χ3v) is 5.55. The number of carbonyl (C=O) groups excluding carboxylic acids is 1. The number of anilines is 1. The quantitative estimate of drug-likeness (QED) is 0.452. The normalized spacial score (nSPS) is 17.8. The maximum absolute atomic E-state index is 12.5. The van der Waals surface area contributed by atoms with Crippen molar-refractivity contribution in [1.82, 2.24) is 10.2 Å². The minimum atomic E-state index is -0.163. The van der Waals surface area contributed by atoms with Crippen LogP contribution in [0.4, 0.5) is 5.69 Å². The lowest BCUT2D eigenvalue weighted by atomic mass is 10.0. The number of hydrogen-bond donors (Lipinski definition) is 4. The van der Waals surface area contributed by atoms with Crippen LogP contribution >= 0.6 is 0 Å². The number of aliphatic hydroxyl groups is 2. The number of nitrogens with zero attached hydrogens (tertiary/aromatic N) is 1. The van der Waals surface area contributed by atoms with Crippen molar-refractivity contribution in [2.24, 2.45) is 5.92 Å². The molecule has 0 bridgehead atoms. The molecule has 1 aliphatic rings. The molecule has 0 radical (unpaired) electrons. The van der Waals surface area contributed by atoms with Gasteiger partial charge in [-0.1, -0.05) is 43.4 Å². The molecule has 0 aromatic heterocycles. The molecule has 6 heteroatoms. The van der Waals surface area contributed by atoms with Gasteiger partial charge in [-0.2, -0.15) is 0 Å². The first-order valence-electron chi connectivity index (χ1n) is 10.4. The van der Waals surface area contributed by atoms with Gasteiger partial charge in [0.15, 0.2) is 0 Å². The molecule has 4 N–H and O–H groups in total. The number of piperidine rings is 1. The van der Waals surface area contributed by atoms with Crippen molar-refractivity contribution < 1.29 is 15.0 Å². The Bertz CT molecular complexity index is 697. The maximum atomic E-state index is 12.5. The largest absolute Gasteiger partial charge is 0.392 e. The summed E-state index contributed by atoms with van der Waals surface area (Å²) >= 11 is 0. The van der Waals surface area contributed by atoms with Gasteiger partial charge in [0.25, 0.3) is 0 Å². The number of aliphatic hydroxyl groups excluding tert-OH is 2. The molecule has 2 rings (SSSR count). The van der Waals surface area contributed by atoms with Crippen LogP contribution in [-0.4, -0.2) is 59.3 Å². The lowest BCUT2D eigenvalue weighted by molar-refractivity contribution is -0.123. The Morgan fingerprint density at radius 3 is 2.69 bits per heavy atom. The molecule has 1 aromatic carbocycles. The van der Waals surface area contributed by atoms with Gasteiger partial charge in [0.05, 0.1) is 25.8 Å². The maximum Gasteiger partial charge on any atom is 0.234 e. The number of nitrogens with one attached hydrogen (secondary N) is 2. The Labute approximate surface area is 174 Å². The van der Waals surface area contributed by atoms with E-state index in [1.807, 2.05) is 38.1 Å². The first kappa shape index (κ1) is 23.1. The summed E-state index contributed by atoms with van der Waals surface area (Å²) in [6.45, 7) is 9.87. The van der Waals surface area contributed by atoms with Crippen molar-refractivity contribution in [2.75, 3.05) is 31.6 Å². The van der Waals surface area contributed by atoms with Gasteiger partial charge < -0.3 is 20.8 Å². The molecule has 6 nitrogen and oxygen atoms in total. The number of para-hydroxylation sites is 1. The van der Waals surface area contributed by atoms with Gasteiger partial charge in [-0.15, -0.1) is 6.58 Å². The lowest BCUT2D eigenvalue weighted by Gasteiger charge is -2.33. The molecule has 29 heavy (non-hydrogen) atoms. The van der Waals surface area contributed by atoms with Gasteiger partial charge in [0.1, 0.15) is 0 Å². The second-order valence-electron chi connectivity index (χ2n) is 7.76. The molecule has 160 valence electrons. The highest BCUT2D eigenvalue weighted by Gasteiger charge is 2.23. The molecular formula is C23H35N3O3. The summed E-state index contributed by atoms with van der Waals surface area (Å²) in [6, 6.07) is 6.13. The second-order valence-corrected chi connectivity index (χ2v) is 7.76. The van der Waals surface area contributed by atoms with E-state index in [-0.39, 0.29) is 31.1 Å². The molecule has 1 fully saturated rings. The van der Waals surface area contributed by atoms with Gasteiger partial charge in [-0.25, -0.2) is 0 Å². The first-order valence-corrected chi connectivity index (χ1v) is 10.4. The summed E-state index contributed by atoms with van der Waals surface area (Å²) in [6.07, 6.45) is 7.17. The van der Waals surface area contributed by atoms with E-state index in [4.69, 9.17) is 5.11 Å². The monoisotopic (exact) mass is 401 g/mol. The fourth-order valence-electron chi connectivity index (χ4n) is 3.65. The highest BCUT2D eigenvalue weighted by molar-refractivity contribution is 5.78. The van der Waals surface area contributed by atoms with E-state index in [0.717, 1.165) is 42.7 Å². The smallest absolute Gasteiger partial charge is 0.234 e. The predicted molar refractivity (Wildman–Crippen MR) is 118 cm³/mol. The molecule has 0 saturated carbocycles. The SMILES string of the molecule is C=CC(C)C(/C=C/CO)NC(=O)CN1CCC(Nc2c(C)cccc2CO)CC1. The van der Waals surface area contributed by atoms with Crippen LogP contribution in [0.25, 0.3) is 0 Å². The van der Waals surface area contributed by atoms with Crippen LogP contribution in [0.5, 0.6) is 0 Å². The fourth-order valence-corrected chi connectivity index (χ4v) is 3.65.